The van der Waals surface area contributed by atoms with Crippen LogP contribution in [-0.4, -0.2) is 15.6 Å². The Labute approximate surface area is 176 Å². The number of carboxylic acid groups (broad SMARTS) is 1. The predicted octanol–water partition coefficient (Wildman–Crippen LogP) is 5.20. The van der Waals surface area contributed by atoms with Gasteiger partial charge in [-0.1, -0.05) is 36.4 Å². The van der Waals surface area contributed by atoms with Crippen LogP contribution in [-0.2, 0) is 19.6 Å². The van der Waals surface area contributed by atoms with Crippen molar-refractivity contribution in [2.24, 2.45) is 0 Å². The maximum atomic E-state index is 12.3. The van der Waals surface area contributed by atoms with Crippen molar-refractivity contribution in [3.63, 3.8) is 0 Å². The molecule has 2 aromatic carbocycles. The first kappa shape index (κ1) is 20.0. The van der Waals surface area contributed by atoms with Gasteiger partial charge < -0.3 is 19.4 Å². The second-order valence-corrected chi connectivity index (χ2v) is 7.78. The highest BCUT2D eigenvalue weighted by Gasteiger charge is 2.22. The van der Waals surface area contributed by atoms with Crippen LogP contribution in [0.4, 0.5) is 0 Å². The normalized spacial score (nSPS) is 11.3. The highest BCUT2D eigenvalue weighted by molar-refractivity contribution is 5.98. The molecule has 154 valence electrons. The van der Waals surface area contributed by atoms with Gasteiger partial charge in [-0.3, -0.25) is 0 Å². The Morgan fingerprint density at radius 1 is 1.03 bits per heavy atom. The fourth-order valence-electron chi connectivity index (χ4n) is 3.97. The van der Waals surface area contributed by atoms with E-state index in [4.69, 9.17) is 4.42 Å². The lowest BCUT2D eigenvalue weighted by Crippen LogP contribution is -2.17. The molecular weight excluding hydrogens is 376 g/mol. The SMILES string of the molecule is Cc1ccc2c(CNCc3ccc(C)o3)c(C(=O)O)n(Cc3ccccc3C)c2c1. The molecule has 0 unspecified atom stereocenters. The molecule has 0 fully saturated rings. The molecule has 0 radical (unpaired) electrons. The van der Waals surface area contributed by atoms with E-state index in [1.54, 1.807) is 0 Å². The lowest BCUT2D eigenvalue weighted by Gasteiger charge is -2.12. The van der Waals surface area contributed by atoms with Crippen LogP contribution in [0.2, 0.25) is 0 Å². The van der Waals surface area contributed by atoms with Crippen molar-refractivity contribution in [3.8, 4) is 0 Å². The summed E-state index contributed by atoms with van der Waals surface area (Å²) in [5.74, 6) is 0.787. The summed E-state index contributed by atoms with van der Waals surface area (Å²) in [5.41, 5.74) is 5.45. The molecule has 5 nitrogen and oxygen atoms in total. The Kier molecular flexibility index (Phi) is 5.46. The third-order valence-corrected chi connectivity index (χ3v) is 5.51. The molecule has 0 atom stereocenters. The van der Waals surface area contributed by atoms with Crippen molar-refractivity contribution in [2.45, 2.75) is 40.4 Å². The van der Waals surface area contributed by atoms with Gasteiger partial charge in [0.2, 0.25) is 0 Å². The van der Waals surface area contributed by atoms with Gasteiger partial charge in [-0.25, -0.2) is 4.79 Å². The van der Waals surface area contributed by atoms with E-state index in [0.29, 0.717) is 25.3 Å². The number of carboxylic acids is 1. The van der Waals surface area contributed by atoms with Gasteiger partial charge >= 0.3 is 5.97 Å². The zero-order valence-electron chi connectivity index (χ0n) is 17.5. The number of aromatic nitrogens is 1. The molecular formula is C25H26N2O3. The Balaban J connectivity index is 1.76. The molecule has 2 heterocycles. The van der Waals surface area contributed by atoms with Crippen LogP contribution in [0, 0.1) is 20.8 Å². The molecule has 0 saturated carbocycles. The molecule has 0 amide bonds. The van der Waals surface area contributed by atoms with Gasteiger partial charge in [0.25, 0.3) is 0 Å². The van der Waals surface area contributed by atoms with Crippen molar-refractivity contribution in [1.29, 1.82) is 0 Å². The Hall–Kier alpha value is -3.31. The number of furan rings is 1. The quantitative estimate of drug-likeness (QED) is 0.446. The number of rotatable bonds is 7. The fraction of sp³-hybridized carbons (Fsp3) is 0.240. The Bertz CT molecular complexity index is 1220. The maximum absolute atomic E-state index is 12.3. The Morgan fingerprint density at radius 2 is 1.83 bits per heavy atom. The molecule has 5 heteroatoms. The highest BCUT2D eigenvalue weighted by atomic mass is 16.4. The van der Waals surface area contributed by atoms with Crippen molar-refractivity contribution < 1.29 is 14.3 Å². The molecule has 0 saturated heterocycles. The lowest BCUT2D eigenvalue weighted by molar-refractivity contribution is 0.0684. The largest absolute Gasteiger partial charge is 0.477 e. The van der Waals surface area contributed by atoms with Gasteiger partial charge in [0.15, 0.2) is 0 Å². The van der Waals surface area contributed by atoms with E-state index < -0.39 is 5.97 Å². The summed E-state index contributed by atoms with van der Waals surface area (Å²) < 4.78 is 7.55. The van der Waals surface area contributed by atoms with Gasteiger partial charge in [0.1, 0.15) is 17.2 Å². The van der Waals surface area contributed by atoms with Crippen LogP contribution >= 0.6 is 0 Å². The molecule has 4 aromatic rings. The summed E-state index contributed by atoms with van der Waals surface area (Å²) in [6.07, 6.45) is 0. The average Bonchev–Trinajstić information content (AvgIpc) is 3.25. The Morgan fingerprint density at radius 3 is 2.53 bits per heavy atom. The van der Waals surface area contributed by atoms with Crippen LogP contribution in [0.3, 0.4) is 0 Å². The molecule has 0 spiro atoms. The van der Waals surface area contributed by atoms with Crippen LogP contribution in [0.25, 0.3) is 10.9 Å². The molecule has 4 rings (SSSR count). The second-order valence-electron chi connectivity index (χ2n) is 7.78. The van der Waals surface area contributed by atoms with Gasteiger partial charge in [-0.15, -0.1) is 0 Å². The number of nitrogens with zero attached hydrogens (tertiary/aromatic N) is 1. The minimum absolute atomic E-state index is 0.335. The van der Waals surface area contributed by atoms with Gasteiger partial charge in [-0.05, 0) is 55.7 Å². The van der Waals surface area contributed by atoms with Crippen molar-refractivity contribution in [1.82, 2.24) is 9.88 Å². The van der Waals surface area contributed by atoms with Gasteiger partial charge in [-0.2, -0.15) is 0 Å². The fourth-order valence-corrected chi connectivity index (χ4v) is 3.97. The third-order valence-electron chi connectivity index (χ3n) is 5.51. The van der Waals surface area contributed by atoms with E-state index >= 15 is 0 Å². The first-order chi connectivity index (χ1) is 14.4. The molecule has 0 bridgehead atoms. The summed E-state index contributed by atoms with van der Waals surface area (Å²) in [6, 6.07) is 18.1. The maximum Gasteiger partial charge on any atom is 0.352 e. The number of aromatic carboxylic acids is 1. The number of aryl methyl sites for hydroxylation is 3. The monoisotopic (exact) mass is 402 g/mol. The summed E-state index contributed by atoms with van der Waals surface area (Å²) in [5, 5.41) is 14.4. The highest BCUT2D eigenvalue weighted by Crippen LogP contribution is 2.29. The van der Waals surface area contributed by atoms with Crippen molar-refractivity contribution >= 4 is 16.9 Å². The molecule has 0 aliphatic heterocycles. The molecule has 2 N–H and O–H groups in total. The van der Waals surface area contributed by atoms with E-state index in [0.717, 1.165) is 44.7 Å². The molecule has 2 aromatic heterocycles. The molecule has 30 heavy (non-hydrogen) atoms. The number of hydrogen-bond donors (Lipinski definition) is 2. The minimum atomic E-state index is -0.914. The van der Waals surface area contributed by atoms with Crippen LogP contribution in [0.1, 0.15) is 44.3 Å². The first-order valence-electron chi connectivity index (χ1n) is 10.1. The van der Waals surface area contributed by atoms with E-state index in [1.165, 1.54) is 0 Å². The second kappa shape index (κ2) is 8.20. The van der Waals surface area contributed by atoms with Crippen LogP contribution < -0.4 is 5.32 Å². The average molecular weight is 402 g/mol. The van der Waals surface area contributed by atoms with Gasteiger partial charge in [0.05, 0.1) is 6.54 Å². The third kappa shape index (κ3) is 3.89. The van der Waals surface area contributed by atoms with E-state index in [1.807, 2.05) is 54.8 Å². The number of hydrogen-bond acceptors (Lipinski definition) is 3. The summed E-state index contributed by atoms with van der Waals surface area (Å²) in [7, 11) is 0. The van der Waals surface area contributed by atoms with Gasteiger partial charge in [0, 0.05) is 29.6 Å². The summed E-state index contributed by atoms with van der Waals surface area (Å²) >= 11 is 0. The van der Waals surface area contributed by atoms with Crippen LogP contribution in [0.15, 0.2) is 59.0 Å². The van der Waals surface area contributed by atoms with Crippen LogP contribution in [0.5, 0.6) is 0 Å². The lowest BCUT2D eigenvalue weighted by atomic mass is 10.1. The first-order valence-corrected chi connectivity index (χ1v) is 10.1. The van der Waals surface area contributed by atoms with E-state index in [2.05, 4.69) is 30.4 Å². The topological polar surface area (TPSA) is 67.4 Å². The molecule has 0 aliphatic rings. The zero-order valence-corrected chi connectivity index (χ0v) is 17.5. The minimum Gasteiger partial charge on any atom is -0.477 e. The molecule has 0 aliphatic carbocycles. The number of nitrogens with one attached hydrogen (secondary N) is 1. The van der Waals surface area contributed by atoms with Crippen molar-refractivity contribution in [2.75, 3.05) is 0 Å². The zero-order chi connectivity index (χ0) is 21.3. The smallest absolute Gasteiger partial charge is 0.352 e. The van der Waals surface area contributed by atoms with E-state index in [9.17, 15) is 9.90 Å². The number of benzene rings is 2. The van der Waals surface area contributed by atoms with Crippen molar-refractivity contribution in [3.05, 3.63) is 94.1 Å². The van der Waals surface area contributed by atoms with E-state index in [-0.39, 0.29) is 0 Å². The summed E-state index contributed by atoms with van der Waals surface area (Å²) in [6.45, 7) is 7.51. The predicted molar refractivity (Wildman–Crippen MR) is 118 cm³/mol. The number of carbonyl (C=O) groups is 1. The summed E-state index contributed by atoms with van der Waals surface area (Å²) in [4.78, 5) is 12.3. The standard InChI is InChI=1S/C25H26N2O3/c1-16-8-11-21-22(14-26-13-20-10-9-18(3)30-20)24(25(28)29)27(23(21)12-16)15-19-7-5-4-6-17(19)2/h4-12,26H,13-15H2,1-3H3,(H,28,29). The number of fused-ring (bicyclic) bond motifs is 1.